The summed E-state index contributed by atoms with van der Waals surface area (Å²) in [4.78, 5) is 23.6. The molecule has 0 saturated carbocycles. The number of nitrogens with one attached hydrogen (secondary N) is 2. The van der Waals surface area contributed by atoms with E-state index in [9.17, 15) is 9.59 Å². The molecule has 0 bridgehead atoms. The molecule has 5 heteroatoms. The second-order valence-corrected chi connectivity index (χ2v) is 5.84. The Morgan fingerprint density at radius 2 is 1.82 bits per heavy atom. The summed E-state index contributed by atoms with van der Waals surface area (Å²) in [7, 11) is 0. The standard InChI is InChI=1S/C17H17BrN2O2/c1-12(21)19-16(13-6-3-2-4-7-13)11-17(22)20-15-9-5-8-14(18)10-15/h2-10,16H,11H2,1H3,(H,19,21)(H,20,22)/t16-/m0/s1. The zero-order valence-corrected chi connectivity index (χ0v) is 13.8. The second-order valence-electron chi connectivity index (χ2n) is 4.93. The number of hydrogen-bond acceptors (Lipinski definition) is 2. The summed E-state index contributed by atoms with van der Waals surface area (Å²) in [5, 5.41) is 5.65. The summed E-state index contributed by atoms with van der Waals surface area (Å²) in [6.45, 7) is 1.45. The third-order valence-electron chi connectivity index (χ3n) is 3.08. The molecule has 2 N–H and O–H groups in total. The third-order valence-corrected chi connectivity index (χ3v) is 3.57. The highest BCUT2D eigenvalue weighted by atomic mass is 79.9. The van der Waals surface area contributed by atoms with Gasteiger partial charge in [-0.15, -0.1) is 0 Å². The van der Waals surface area contributed by atoms with Crippen LogP contribution in [0.2, 0.25) is 0 Å². The van der Waals surface area contributed by atoms with Gasteiger partial charge in [0.1, 0.15) is 0 Å². The maximum Gasteiger partial charge on any atom is 0.226 e. The molecule has 2 aromatic carbocycles. The minimum absolute atomic E-state index is 0.152. The molecule has 4 nitrogen and oxygen atoms in total. The van der Waals surface area contributed by atoms with Crippen molar-refractivity contribution >= 4 is 33.4 Å². The molecule has 0 aliphatic heterocycles. The fourth-order valence-electron chi connectivity index (χ4n) is 2.15. The van der Waals surface area contributed by atoms with Gasteiger partial charge in [0.2, 0.25) is 11.8 Å². The van der Waals surface area contributed by atoms with Gasteiger partial charge in [-0.05, 0) is 23.8 Å². The first-order valence-electron chi connectivity index (χ1n) is 6.92. The van der Waals surface area contributed by atoms with Crippen LogP contribution in [0, 0.1) is 0 Å². The van der Waals surface area contributed by atoms with Gasteiger partial charge in [0.05, 0.1) is 12.5 Å². The van der Waals surface area contributed by atoms with Gasteiger partial charge in [0, 0.05) is 17.1 Å². The summed E-state index contributed by atoms with van der Waals surface area (Å²) >= 11 is 3.36. The summed E-state index contributed by atoms with van der Waals surface area (Å²) in [6.07, 6.45) is 0.177. The lowest BCUT2D eigenvalue weighted by atomic mass is 10.0. The Labute approximate surface area is 138 Å². The molecule has 0 aliphatic rings. The van der Waals surface area contributed by atoms with Crippen LogP contribution in [-0.2, 0) is 9.59 Å². The van der Waals surface area contributed by atoms with Crippen molar-refractivity contribution in [3.8, 4) is 0 Å². The van der Waals surface area contributed by atoms with E-state index in [-0.39, 0.29) is 24.3 Å². The third kappa shape index (κ3) is 5.00. The van der Waals surface area contributed by atoms with Gasteiger partial charge < -0.3 is 10.6 Å². The van der Waals surface area contributed by atoms with Crippen molar-refractivity contribution in [3.05, 3.63) is 64.6 Å². The zero-order valence-electron chi connectivity index (χ0n) is 12.2. The summed E-state index contributed by atoms with van der Waals surface area (Å²) in [5.74, 6) is -0.315. The Balaban J connectivity index is 2.06. The van der Waals surface area contributed by atoms with Crippen LogP contribution in [0.5, 0.6) is 0 Å². The van der Waals surface area contributed by atoms with Crippen LogP contribution in [-0.4, -0.2) is 11.8 Å². The molecular weight excluding hydrogens is 344 g/mol. The van der Waals surface area contributed by atoms with Gasteiger partial charge in [-0.3, -0.25) is 9.59 Å². The normalized spacial score (nSPS) is 11.5. The highest BCUT2D eigenvalue weighted by Crippen LogP contribution is 2.19. The molecule has 0 unspecified atom stereocenters. The van der Waals surface area contributed by atoms with E-state index in [1.54, 1.807) is 0 Å². The number of benzene rings is 2. The van der Waals surface area contributed by atoms with Gasteiger partial charge in [0.25, 0.3) is 0 Å². The van der Waals surface area contributed by atoms with Gasteiger partial charge in [-0.25, -0.2) is 0 Å². The van der Waals surface area contributed by atoms with E-state index in [1.807, 2.05) is 54.6 Å². The van der Waals surface area contributed by atoms with E-state index in [1.165, 1.54) is 6.92 Å². The largest absolute Gasteiger partial charge is 0.349 e. The van der Waals surface area contributed by atoms with E-state index in [0.717, 1.165) is 10.0 Å². The molecule has 0 heterocycles. The van der Waals surface area contributed by atoms with Crippen LogP contribution < -0.4 is 10.6 Å². The Morgan fingerprint density at radius 3 is 2.45 bits per heavy atom. The van der Waals surface area contributed by atoms with Gasteiger partial charge in [-0.1, -0.05) is 52.3 Å². The average molecular weight is 361 g/mol. The van der Waals surface area contributed by atoms with Crippen LogP contribution in [0.3, 0.4) is 0 Å². The number of rotatable bonds is 5. The molecule has 0 saturated heterocycles. The number of halogens is 1. The lowest BCUT2D eigenvalue weighted by Gasteiger charge is -2.18. The van der Waals surface area contributed by atoms with Crippen LogP contribution in [0.25, 0.3) is 0 Å². The maximum atomic E-state index is 12.2. The van der Waals surface area contributed by atoms with Crippen LogP contribution in [0.1, 0.15) is 24.9 Å². The van der Waals surface area contributed by atoms with Crippen molar-refractivity contribution in [2.24, 2.45) is 0 Å². The quantitative estimate of drug-likeness (QED) is 0.854. The van der Waals surface area contributed by atoms with Gasteiger partial charge in [-0.2, -0.15) is 0 Å². The molecule has 0 spiro atoms. The minimum Gasteiger partial charge on any atom is -0.349 e. The molecule has 0 aromatic heterocycles. The van der Waals surface area contributed by atoms with E-state index < -0.39 is 0 Å². The number of hydrogen-bond donors (Lipinski definition) is 2. The van der Waals surface area contributed by atoms with Crippen molar-refractivity contribution in [1.82, 2.24) is 5.32 Å². The van der Waals surface area contributed by atoms with Crippen molar-refractivity contribution in [1.29, 1.82) is 0 Å². The predicted molar refractivity (Wildman–Crippen MR) is 90.4 cm³/mol. The average Bonchev–Trinajstić information content (AvgIpc) is 2.47. The maximum absolute atomic E-state index is 12.2. The summed E-state index contributed by atoms with van der Waals surface area (Å²) in [6, 6.07) is 16.5. The van der Waals surface area contributed by atoms with Crippen molar-refractivity contribution < 1.29 is 9.59 Å². The first kappa shape index (κ1) is 16.2. The zero-order chi connectivity index (χ0) is 15.9. The van der Waals surface area contributed by atoms with Gasteiger partial charge >= 0.3 is 0 Å². The Morgan fingerprint density at radius 1 is 1.09 bits per heavy atom. The lowest BCUT2D eigenvalue weighted by molar-refractivity contribution is -0.120. The first-order chi connectivity index (χ1) is 10.5. The molecule has 2 aromatic rings. The van der Waals surface area contributed by atoms with Crippen LogP contribution >= 0.6 is 15.9 Å². The Kier molecular flexibility index (Phi) is 5.72. The molecular formula is C17H17BrN2O2. The minimum atomic E-state index is -0.342. The fourth-order valence-corrected chi connectivity index (χ4v) is 2.55. The number of amides is 2. The van der Waals surface area contributed by atoms with Crippen LogP contribution in [0.15, 0.2) is 59.1 Å². The fraction of sp³-hybridized carbons (Fsp3) is 0.176. The Hall–Kier alpha value is -2.14. The molecule has 2 amide bonds. The molecule has 1 atom stereocenters. The number of carbonyl (C=O) groups excluding carboxylic acids is 2. The van der Waals surface area contributed by atoms with Crippen molar-refractivity contribution in [2.75, 3.05) is 5.32 Å². The monoisotopic (exact) mass is 360 g/mol. The van der Waals surface area contributed by atoms with E-state index in [4.69, 9.17) is 0 Å². The van der Waals surface area contributed by atoms with Crippen molar-refractivity contribution in [2.45, 2.75) is 19.4 Å². The lowest BCUT2D eigenvalue weighted by Crippen LogP contribution is -2.29. The highest BCUT2D eigenvalue weighted by molar-refractivity contribution is 9.10. The van der Waals surface area contributed by atoms with E-state index >= 15 is 0 Å². The SMILES string of the molecule is CC(=O)N[C@@H](CC(=O)Nc1cccc(Br)c1)c1ccccc1. The molecule has 22 heavy (non-hydrogen) atoms. The molecule has 2 rings (SSSR count). The second kappa shape index (κ2) is 7.75. The van der Waals surface area contributed by atoms with Crippen molar-refractivity contribution in [3.63, 3.8) is 0 Å². The first-order valence-corrected chi connectivity index (χ1v) is 7.71. The molecule has 114 valence electrons. The summed E-state index contributed by atoms with van der Waals surface area (Å²) < 4.78 is 0.895. The smallest absolute Gasteiger partial charge is 0.226 e. The number of anilines is 1. The highest BCUT2D eigenvalue weighted by Gasteiger charge is 2.17. The predicted octanol–water partition coefficient (Wildman–Crippen LogP) is 3.66. The van der Waals surface area contributed by atoms with E-state index in [0.29, 0.717) is 5.69 Å². The molecule has 0 aliphatic carbocycles. The molecule has 0 radical (unpaired) electrons. The van der Waals surface area contributed by atoms with E-state index in [2.05, 4.69) is 26.6 Å². The number of carbonyl (C=O) groups is 2. The molecule has 0 fully saturated rings. The van der Waals surface area contributed by atoms with Crippen LogP contribution in [0.4, 0.5) is 5.69 Å². The Bertz CT molecular complexity index is 659. The van der Waals surface area contributed by atoms with Gasteiger partial charge in [0.15, 0.2) is 0 Å². The summed E-state index contributed by atoms with van der Waals surface area (Å²) in [5.41, 5.74) is 1.62. The topological polar surface area (TPSA) is 58.2 Å².